The predicted octanol–water partition coefficient (Wildman–Crippen LogP) is 4.09. The summed E-state index contributed by atoms with van der Waals surface area (Å²) >= 11 is 3.56. The standard InChI is InChI=1S/C23H24BrFN2O4/c1-14(18-11-20-21(12-19(18)24)31-10-9-30-20)26-22(28)16-3-2-8-27(13-16)23(29)15-4-6-17(25)7-5-15/h4-7,11-12,14,16H,2-3,8-10,13H2,1H3,(H,26,28). The van der Waals surface area contributed by atoms with Gasteiger partial charge in [0.15, 0.2) is 11.5 Å². The average Bonchev–Trinajstić information content (AvgIpc) is 2.78. The molecule has 2 heterocycles. The third kappa shape index (κ3) is 4.84. The van der Waals surface area contributed by atoms with E-state index < -0.39 is 0 Å². The van der Waals surface area contributed by atoms with Gasteiger partial charge in [0, 0.05) is 23.1 Å². The van der Waals surface area contributed by atoms with Crippen LogP contribution in [0.15, 0.2) is 40.9 Å². The van der Waals surface area contributed by atoms with Crippen molar-refractivity contribution in [3.8, 4) is 11.5 Å². The highest BCUT2D eigenvalue weighted by Gasteiger charge is 2.30. The second kappa shape index (κ2) is 9.26. The minimum atomic E-state index is -0.383. The Labute approximate surface area is 188 Å². The van der Waals surface area contributed by atoms with E-state index in [4.69, 9.17) is 9.47 Å². The number of likely N-dealkylation sites (tertiary alicyclic amines) is 1. The maximum atomic E-state index is 13.1. The third-order valence-electron chi connectivity index (χ3n) is 5.66. The summed E-state index contributed by atoms with van der Waals surface area (Å²) in [6.45, 7) is 3.85. The summed E-state index contributed by atoms with van der Waals surface area (Å²) in [5.41, 5.74) is 1.32. The van der Waals surface area contributed by atoms with E-state index in [9.17, 15) is 14.0 Å². The first-order chi connectivity index (χ1) is 14.9. The van der Waals surface area contributed by atoms with Crippen LogP contribution in [0.3, 0.4) is 0 Å². The summed E-state index contributed by atoms with van der Waals surface area (Å²) in [5, 5.41) is 3.07. The summed E-state index contributed by atoms with van der Waals surface area (Å²) in [7, 11) is 0. The molecule has 1 N–H and O–H groups in total. The molecular weight excluding hydrogens is 467 g/mol. The van der Waals surface area contributed by atoms with Crippen molar-refractivity contribution in [2.45, 2.75) is 25.8 Å². The van der Waals surface area contributed by atoms with Gasteiger partial charge in [-0.25, -0.2) is 4.39 Å². The number of amides is 2. The van der Waals surface area contributed by atoms with Gasteiger partial charge in [0.25, 0.3) is 5.91 Å². The molecule has 4 rings (SSSR count). The fraction of sp³-hybridized carbons (Fsp3) is 0.391. The number of carbonyl (C=O) groups is 2. The molecule has 2 atom stereocenters. The van der Waals surface area contributed by atoms with Crippen LogP contribution in [0.5, 0.6) is 11.5 Å². The van der Waals surface area contributed by atoms with Crippen molar-refractivity contribution in [1.29, 1.82) is 0 Å². The Morgan fingerprint density at radius 3 is 2.55 bits per heavy atom. The van der Waals surface area contributed by atoms with Gasteiger partial charge in [-0.2, -0.15) is 0 Å². The lowest BCUT2D eigenvalue weighted by Gasteiger charge is -2.33. The first-order valence-electron chi connectivity index (χ1n) is 10.4. The minimum absolute atomic E-state index is 0.0918. The van der Waals surface area contributed by atoms with E-state index in [0.717, 1.165) is 16.5 Å². The summed E-state index contributed by atoms with van der Waals surface area (Å²) in [6.07, 6.45) is 1.46. The van der Waals surface area contributed by atoms with Gasteiger partial charge in [-0.1, -0.05) is 15.9 Å². The predicted molar refractivity (Wildman–Crippen MR) is 117 cm³/mol. The average molecular weight is 491 g/mol. The molecule has 2 unspecified atom stereocenters. The number of hydrogen-bond donors (Lipinski definition) is 1. The number of ether oxygens (including phenoxy) is 2. The van der Waals surface area contributed by atoms with E-state index >= 15 is 0 Å². The van der Waals surface area contributed by atoms with Gasteiger partial charge in [-0.3, -0.25) is 9.59 Å². The van der Waals surface area contributed by atoms with Gasteiger partial charge in [0.2, 0.25) is 5.91 Å². The Kier molecular flexibility index (Phi) is 6.46. The molecule has 0 aliphatic carbocycles. The van der Waals surface area contributed by atoms with Crippen molar-refractivity contribution < 1.29 is 23.5 Å². The normalized spacial score (nSPS) is 18.9. The highest BCUT2D eigenvalue weighted by molar-refractivity contribution is 9.10. The number of halogens is 2. The van der Waals surface area contributed by atoms with Crippen LogP contribution in [0.2, 0.25) is 0 Å². The van der Waals surface area contributed by atoms with Crippen molar-refractivity contribution in [3.05, 3.63) is 57.8 Å². The molecule has 1 saturated heterocycles. The summed E-state index contributed by atoms with van der Waals surface area (Å²) in [4.78, 5) is 27.4. The van der Waals surface area contributed by atoms with Crippen LogP contribution in [0, 0.1) is 11.7 Å². The van der Waals surface area contributed by atoms with Gasteiger partial charge >= 0.3 is 0 Å². The van der Waals surface area contributed by atoms with Gasteiger partial charge in [-0.05, 0) is 61.7 Å². The molecule has 2 aromatic rings. The molecular formula is C23H24BrFN2O4. The van der Waals surface area contributed by atoms with Crippen molar-refractivity contribution >= 4 is 27.7 Å². The monoisotopic (exact) mass is 490 g/mol. The first kappa shape index (κ1) is 21.6. The number of carbonyl (C=O) groups excluding carboxylic acids is 2. The lowest BCUT2D eigenvalue weighted by atomic mass is 9.95. The lowest BCUT2D eigenvalue weighted by molar-refractivity contribution is -0.127. The van der Waals surface area contributed by atoms with Gasteiger partial charge in [-0.15, -0.1) is 0 Å². The van der Waals surface area contributed by atoms with E-state index in [1.165, 1.54) is 24.3 Å². The third-order valence-corrected chi connectivity index (χ3v) is 6.34. The number of piperidine rings is 1. The highest BCUT2D eigenvalue weighted by Crippen LogP contribution is 2.38. The smallest absolute Gasteiger partial charge is 0.253 e. The van der Waals surface area contributed by atoms with Crippen LogP contribution in [0.4, 0.5) is 4.39 Å². The number of hydrogen-bond acceptors (Lipinski definition) is 4. The summed E-state index contributed by atoms with van der Waals surface area (Å²) < 4.78 is 25.2. The SMILES string of the molecule is CC(NC(=O)C1CCCN(C(=O)c2ccc(F)cc2)C1)c1cc2c(cc1Br)OCCO2. The van der Waals surface area contributed by atoms with Gasteiger partial charge < -0.3 is 19.7 Å². The van der Waals surface area contributed by atoms with Crippen LogP contribution in [-0.4, -0.2) is 43.0 Å². The molecule has 164 valence electrons. The minimum Gasteiger partial charge on any atom is -0.486 e. The molecule has 2 aliphatic heterocycles. The Morgan fingerprint density at radius 2 is 1.84 bits per heavy atom. The first-order valence-corrected chi connectivity index (χ1v) is 11.2. The Hall–Kier alpha value is -2.61. The Morgan fingerprint density at radius 1 is 1.16 bits per heavy atom. The fourth-order valence-corrected chi connectivity index (χ4v) is 4.64. The molecule has 31 heavy (non-hydrogen) atoms. The van der Waals surface area contributed by atoms with Crippen LogP contribution < -0.4 is 14.8 Å². The number of nitrogens with one attached hydrogen (secondary N) is 1. The Balaban J connectivity index is 1.41. The zero-order chi connectivity index (χ0) is 22.0. The maximum absolute atomic E-state index is 13.1. The van der Waals surface area contributed by atoms with E-state index in [2.05, 4.69) is 21.2 Å². The quantitative estimate of drug-likeness (QED) is 0.700. The van der Waals surface area contributed by atoms with E-state index in [1.807, 2.05) is 19.1 Å². The molecule has 2 aliphatic rings. The van der Waals surface area contributed by atoms with Crippen molar-refractivity contribution in [3.63, 3.8) is 0 Å². The van der Waals surface area contributed by atoms with Crippen molar-refractivity contribution in [2.24, 2.45) is 5.92 Å². The van der Waals surface area contributed by atoms with Crippen LogP contribution in [-0.2, 0) is 4.79 Å². The number of rotatable bonds is 4. The topological polar surface area (TPSA) is 67.9 Å². The molecule has 0 spiro atoms. The molecule has 0 aromatic heterocycles. The van der Waals surface area contributed by atoms with E-state index in [-0.39, 0.29) is 29.6 Å². The van der Waals surface area contributed by atoms with Gasteiger partial charge in [0.1, 0.15) is 19.0 Å². The van der Waals surface area contributed by atoms with Crippen molar-refractivity contribution in [1.82, 2.24) is 10.2 Å². The highest BCUT2D eigenvalue weighted by atomic mass is 79.9. The van der Waals surface area contributed by atoms with E-state index in [1.54, 1.807) is 4.90 Å². The molecule has 2 amide bonds. The molecule has 1 fully saturated rings. The van der Waals surface area contributed by atoms with Crippen LogP contribution >= 0.6 is 15.9 Å². The molecule has 0 radical (unpaired) electrons. The lowest BCUT2D eigenvalue weighted by Crippen LogP contribution is -2.45. The molecule has 0 bridgehead atoms. The van der Waals surface area contributed by atoms with Gasteiger partial charge in [0.05, 0.1) is 12.0 Å². The molecule has 8 heteroatoms. The fourth-order valence-electron chi connectivity index (χ4n) is 3.97. The molecule has 2 aromatic carbocycles. The van der Waals surface area contributed by atoms with E-state index in [0.29, 0.717) is 49.8 Å². The molecule has 6 nitrogen and oxygen atoms in total. The number of nitrogens with zero attached hydrogens (tertiary/aromatic N) is 1. The maximum Gasteiger partial charge on any atom is 0.253 e. The summed E-state index contributed by atoms with van der Waals surface area (Å²) in [5.74, 6) is 0.399. The molecule has 0 saturated carbocycles. The zero-order valence-electron chi connectivity index (χ0n) is 17.2. The second-order valence-electron chi connectivity index (χ2n) is 7.84. The number of benzene rings is 2. The second-order valence-corrected chi connectivity index (χ2v) is 8.70. The van der Waals surface area contributed by atoms with Crippen LogP contribution in [0.1, 0.15) is 41.7 Å². The summed E-state index contributed by atoms with van der Waals surface area (Å²) in [6, 6.07) is 8.99. The van der Waals surface area contributed by atoms with Crippen LogP contribution in [0.25, 0.3) is 0 Å². The largest absolute Gasteiger partial charge is 0.486 e. The number of fused-ring (bicyclic) bond motifs is 1. The zero-order valence-corrected chi connectivity index (χ0v) is 18.8. The van der Waals surface area contributed by atoms with Crippen molar-refractivity contribution in [2.75, 3.05) is 26.3 Å². The Bertz CT molecular complexity index is 982.